The topological polar surface area (TPSA) is 46.2 Å². The Labute approximate surface area is 130 Å². The summed E-state index contributed by atoms with van der Waals surface area (Å²) in [5.41, 5.74) is 2.30. The van der Waals surface area contributed by atoms with E-state index >= 15 is 0 Å². The molecule has 1 aliphatic carbocycles. The Kier molecular flexibility index (Phi) is 5.00. The number of hydrogen-bond acceptors (Lipinski definition) is 3. The highest BCUT2D eigenvalue weighted by molar-refractivity contribution is 7.90. The zero-order valence-corrected chi connectivity index (χ0v) is 13.9. The summed E-state index contributed by atoms with van der Waals surface area (Å²) in [4.78, 5) is 0. The zero-order valence-electron chi connectivity index (χ0n) is 11.6. The number of rotatable bonds is 5. The van der Waals surface area contributed by atoms with Crippen molar-refractivity contribution in [2.24, 2.45) is 0 Å². The molecule has 0 spiro atoms. The van der Waals surface area contributed by atoms with E-state index in [9.17, 15) is 8.42 Å². The van der Waals surface area contributed by atoms with E-state index in [1.165, 1.54) is 11.8 Å². The molecule has 0 radical (unpaired) electrons. The molecular formula is C14H19Cl2NO2S. The number of fused-ring (bicyclic) bond motifs is 1. The van der Waals surface area contributed by atoms with Gasteiger partial charge in [0.25, 0.3) is 0 Å². The van der Waals surface area contributed by atoms with Gasteiger partial charge in [0, 0.05) is 28.4 Å². The Morgan fingerprint density at radius 1 is 1.40 bits per heavy atom. The number of benzene rings is 1. The molecule has 1 aromatic carbocycles. The Hall–Kier alpha value is -0.290. The highest BCUT2D eigenvalue weighted by atomic mass is 35.5. The Bertz CT molecular complexity index is 601. The second kappa shape index (κ2) is 6.22. The van der Waals surface area contributed by atoms with Crippen LogP contribution in [-0.4, -0.2) is 26.5 Å². The lowest BCUT2D eigenvalue weighted by Gasteiger charge is -2.21. The predicted octanol–water partition coefficient (Wildman–Crippen LogP) is 3.39. The maximum absolute atomic E-state index is 11.2. The molecule has 20 heavy (non-hydrogen) atoms. The van der Waals surface area contributed by atoms with Crippen LogP contribution in [-0.2, 0) is 16.3 Å². The van der Waals surface area contributed by atoms with Crippen LogP contribution in [0.25, 0.3) is 0 Å². The molecule has 1 N–H and O–H groups in total. The molecule has 0 amide bonds. The van der Waals surface area contributed by atoms with Gasteiger partial charge in [0.2, 0.25) is 0 Å². The number of aryl methyl sites for hydroxylation is 1. The minimum atomic E-state index is -2.91. The molecule has 2 atom stereocenters. The second-order valence-electron chi connectivity index (χ2n) is 5.54. The fourth-order valence-corrected chi connectivity index (χ4v) is 4.11. The summed E-state index contributed by atoms with van der Waals surface area (Å²) in [6.07, 6.45) is 3.80. The first-order valence-corrected chi connectivity index (χ1v) is 9.49. The third-order valence-electron chi connectivity index (χ3n) is 3.64. The number of nitrogens with one attached hydrogen (secondary N) is 1. The van der Waals surface area contributed by atoms with Gasteiger partial charge in [0.1, 0.15) is 9.84 Å². The molecule has 112 valence electrons. The average molecular weight is 336 g/mol. The van der Waals surface area contributed by atoms with Crippen molar-refractivity contribution in [2.45, 2.75) is 38.3 Å². The molecule has 6 heteroatoms. The van der Waals surface area contributed by atoms with Gasteiger partial charge in [0.05, 0.1) is 5.75 Å². The van der Waals surface area contributed by atoms with Crippen molar-refractivity contribution in [1.29, 1.82) is 0 Å². The predicted molar refractivity (Wildman–Crippen MR) is 84.4 cm³/mol. The molecular weight excluding hydrogens is 317 g/mol. The summed E-state index contributed by atoms with van der Waals surface area (Å²) in [6, 6.07) is 4.05. The van der Waals surface area contributed by atoms with Gasteiger partial charge < -0.3 is 5.32 Å². The molecule has 0 saturated heterocycles. The minimum Gasteiger partial charge on any atom is -0.307 e. The van der Waals surface area contributed by atoms with E-state index in [4.69, 9.17) is 23.2 Å². The van der Waals surface area contributed by atoms with Crippen LogP contribution < -0.4 is 5.32 Å². The number of sulfone groups is 1. The molecule has 1 aliphatic rings. The normalized spacial score (nSPS) is 19.9. The van der Waals surface area contributed by atoms with Gasteiger partial charge in [-0.1, -0.05) is 23.2 Å². The minimum absolute atomic E-state index is 0.132. The smallest absolute Gasteiger partial charge is 0.147 e. The SMILES string of the molecule is CC(CCS(C)(=O)=O)NC1CCc2cc(Cl)cc(Cl)c21. The van der Waals surface area contributed by atoms with Gasteiger partial charge in [-0.3, -0.25) is 0 Å². The van der Waals surface area contributed by atoms with E-state index < -0.39 is 9.84 Å². The van der Waals surface area contributed by atoms with Crippen molar-refractivity contribution < 1.29 is 8.42 Å². The molecule has 2 unspecified atom stereocenters. The molecule has 0 bridgehead atoms. The summed E-state index contributed by atoms with van der Waals surface area (Å²) in [5.74, 6) is 0.203. The summed E-state index contributed by atoms with van der Waals surface area (Å²) in [7, 11) is -2.91. The fourth-order valence-electron chi connectivity index (χ4n) is 2.66. The van der Waals surface area contributed by atoms with Gasteiger partial charge in [-0.15, -0.1) is 0 Å². The second-order valence-corrected chi connectivity index (χ2v) is 8.64. The summed E-state index contributed by atoms with van der Waals surface area (Å²) in [5, 5.41) is 4.83. The average Bonchev–Trinajstić information content (AvgIpc) is 2.68. The summed E-state index contributed by atoms with van der Waals surface area (Å²) >= 11 is 12.3. The Morgan fingerprint density at radius 3 is 2.75 bits per heavy atom. The fraction of sp³-hybridized carbons (Fsp3) is 0.571. The highest BCUT2D eigenvalue weighted by Crippen LogP contribution is 2.38. The summed E-state index contributed by atoms with van der Waals surface area (Å²) < 4.78 is 22.4. The third-order valence-corrected chi connectivity index (χ3v) is 5.15. The highest BCUT2D eigenvalue weighted by Gasteiger charge is 2.26. The van der Waals surface area contributed by atoms with E-state index in [0.717, 1.165) is 18.4 Å². The molecule has 2 rings (SSSR count). The first-order chi connectivity index (χ1) is 9.26. The number of hydrogen-bond donors (Lipinski definition) is 1. The van der Waals surface area contributed by atoms with Crippen molar-refractivity contribution in [3.05, 3.63) is 33.3 Å². The van der Waals surface area contributed by atoms with Crippen LogP contribution in [0.15, 0.2) is 12.1 Å². The first-order valence-electron chi connectivity index (χ1n) is 6.68. The molecule has 0 aromatic heterocycles. The van der Waals surface area contributed by atoms with Crippen molar-refractivity contribution >= 4 is 33.0 Å². The van der Waals surface area contributed by atoms with Crippen LogP contribution in [0.2, 0.25) is 10.0 Å². The van der Waals surface area contributed by atoms with Gasteiger partial charge >= 0.3 is 0 Å². The van der Waals surface area contributed by atoms with Crippen molar-refractivity contribution in [1.82, 2.24) is 5.32 Å². The van der Waals surface area contributed by atoms with Crippen LogP contribution in [0, 0.1) is 0 Å². The molecule has 0 fully saturated rings. The van der Waals surface area contributed by atoms with E-state index in [1.54, 1.807) is 6.07 Å². The lowest BCUT2D eigenvalue weighted by Crippen LogP contribution is -2.31. The van der Waals surface area contributed by atoms with E-state index in [-0.39, 0.29) is 17.8 Å². The quantitative estimate of drug-likeness (QED) is 0.896. The summed E-state index contributed by atoms with van der Waals surface area (Å²) in [6.45, 7) is 2.01. The van der Waals surface area contributed by atoms with E-state index in [1.807, 2.05) is 13.0 Å². The zero-order chi connectivity index (χ0) is 14.9. The lowest BCUT2D eigenvalue weighted by molar-refractivity contribution is 0.444. The van der Waals surface area contributed by atoms with Gasteiger partial charge in [-0.05, 0) is 49.4 Å². The molecule has 0 aliphatic heterocycles. The van der Waals surface area contributed by atoms with Crippen molar-refractivity contribution in [2.75, 3.05) is 12.0 Å². The first kappa shape index (κ1) is 16.1. The molecule has 3 nitrogen and oxygen atoms in total. The molecule has 0 heterocycles. The van der Waals surface area contributed by atoms with Crippen LogP contribution in [0.3, 0.4) is 0 Å². The Morgan fingerprint density at radius 2 is 2.10 bits per heavy atom. The van der Waals surface area contributed by atoms with E-state index in [2.05, 4.69) is 5.32 Å². The Balaban J connectivity index is 2.04. The van der Waals surface area contributed by atoms with Gasteiger partial charge in [-0.2, -0.15) is 0 Å². The standard InChI is InChI=1S/C14H19Cl2NO2S/c1-9(5-6-20(2,18)19)17-13-4-3-10-7-11(15)8-12(16)14(10)13/h7-9,13,17H,3-6H2,1-2H3. The van der Waals surface area contributed by atoms with E-state index in [0.29, 0.717) is 16.5 Å². The van der Waals surface area contributed by atoms with Crippen molar-refractivity contribution in [3.8, 4) is 0 Å². The largest absolute Gasteiger partial charge is 0.307 e. The van der Waals surface area contributed by atoms with Crippen LogP contribution in [0.5, 0.6) is 0 Å². The van der Waals surface area contributed by atoms with Crippen LogP contribution in [0.4, 0.5) is 0 Å². The number of halogens is 2. The maximum Gasteiger partial charge on any atom is 0.147 e. The lowest BCUT2D eigenvalue weighted by atomic mass is 10.1. The molecule has 0 saturated carbocycles. The van der Waals surface area contributed by atoms with Crippen molar-refractivity contribution in [3.63, 3.8) is 0 Å². The van der Waals surface area contributed by atoms with Gasteiger partial charge in [-0.25, -0.2) is 8.42 Å². The third kappa shape index (κ3) is 4.10. The van der Waals surface area contributed by atoms with Crippen LogP contribution >= 0.6 is 23.2 Å². The monoisotopic (exact) mass is 335 g/mol. The van der Waals surface area contributed by atoms with Gasteiger partial charge in [0.15, 0.2) is 0 Å². The molecule has 1 aromatic rings. The van der Waals surface area contributed by atoms with Crippen LogP contribution in [0.1, 0.15) is 36.9 Å². The maximum atomic E-state index is 11.2.